The van der Waals surface area contributed by atoms with E-state index in [0.717, 1.165) is 22.0 Å². The number of anilines is 1. The predicted octanol–water partition coefficient (Wildman–Crippen LogP) is 3.97. The number of amides is 1. The molecule has 1 fully saturated rings. The molecule has 0 aliphatic carbocycles. The Labute approximate surface area is 207 Å². The molecule has 3 heterocycles. The number of carbonyl (C=O) groups is 1. The minimum Gasteiger partial charge on any atom is -0.338 e. The Bertz CT molecular complexity index is 1260. The Morgan fingerprint density at radius 1 is 0.886 bits per heavy atom. The maximum atomic E-state index is 13.5. The van der Waals surface area contributed by atoms with Crippen LogP contribution < -0.4 is 4.90 Å². The van der Waals surface area contributed by atoms with Gasteiger partial charge in [0.05, 0.1) is 24.2 Å². The number of aromatic nitrogens is 4. The topological polar surface area (TPSA) is 67.2 Å². The SMILES string of the molecule is O=C(CSc1ncc(-c2ccc(F)cc2)n1Cc1ccccc1)N1CCN(c2ncccn2)CC1. The van der Waals surface area contributed by atoms with E-state index in [2.05, 4.69) is 36.6 Å². The highest BCUT2D eigenvalue weighted by molar-refractivity contribution is 7.99. The van der Waals surface area contributed by atoms with Gasteiger partial charge < -0.3 is 14.4 Å². The molecule has 4 aromatic rings. The van der Waals surface area contributed by atoms with Gasteiger partial charge in [0.25, 0.3) is 0 Å². The first-order chi connectivity index (χ1) is 17.2. The molecule has 0 N–H and O–H groups in total. The third-order valence-electron chi connectivity index (χ3n) is 5.93. The molecule has 9 heteroatoms. The number of benzene rings is 2. The maximum absolute atomic E-state index is 13.5. The minimum atomic E-state index is -0.276. The molecule has 0 spiro atoms. The summed E-state index contributed by atoms with van der Waals surface area (Å²) in [5, 5.41) is 0.762. The van der Waals surface area contributed by atoms with Crippen molar-refractivity contribution in [1.29, 1.82) is 0 Å². The van der Waals surface area contributed by atoms with E-state index < -0.39 is 0 Å². The molecule has 5 rings (SSSR count). The van der Waals surface area contributed by atoms with Crippen LogP contribution >= 0.6 is 11.8 Å². The van der Waals surface area contributed by atoms with E-state index in [1.807, 2.05) is 23.1 Å². The molecule has 0 unspecified atom stereocenters. The highest BCUT2D eigenvalue weighted by atomic mass is 32.2. The molecule has 7 nitrogen and oxygen atoms in total. The van der Waals surface area contributed by atoms with Crippen molar-refractivity contribution in [2.24, 2.45) is 0 Å². The number of hydrogen-bond acceptors (Lipinski definition) is 6. The van der Waals surface area contributed by atoms with Crippen molar-refractivity contribution < 1.29 is 9.18 Å². The first-order valence-electron chi connectivity index (χ1n) is 11.5. The predicted molar refractivity (Wildman–Crippen MR) is 135 cm³/mol. The molecule has 0 bridgehead atoms. The lowest BCUT2D eigenvalue weighted by Gasteiger charge is -2.34. The monoisotopic (exact) mass is 488 g/mol. The van der Waals surface area contributed by atoms with Crippen molar-refractivity contribution in [2.45, 2.75) is 11.7 Å². The minimum absolute atomic E-state index is 0.0845. The third kappa shape index (κ3) is 5.51. The second-order valence-electron chi connectivity index (χ2n) is 8.21. The Hall–Kier alpha value is -3.72. The number of hydrogen-bond donors (Lipinski definition) is 0. The van der Waals surface area contributed by atoms with Gasteiger partial charge in [0, 0.05) is 38.6 Å². The van der Waals surface area contributed by atoms with Crippen molar-refractivity contribution in [1.82, 2.24) is 24.4 Å². The third-order valence-corrected chi connectivity index (χ3v) is 6.91. The maximum Gasteiger partial charge on any atom is 0.233 e. The lowest BCUT2D eigenvalue weighted by atomic mass is 10.1. The van der Waals surface area contributed by atoms with Gasteiger partial charge in [0.15, 0.2) is 5.16 Å². The first kappa shape index (κ1) is 23.0. The summed E-state index contributed by atoms with van der Waals surface area (Å²) in [5.74, 6) is 0.810. The van der Waals surface area contributed by atoms with Gasteiger partial charge in [-0.1, -0.05) is 42.1 Å². The van der Waals surface area contributed by atoms with Gasteiger partial charge >= 0.3 is 0 Å². The number of piperazine rings is 1. The summed E-state index contributed by atoms with van der Waals surface area (Å²) in [7, 11) is 0. The Morgan fingerprint density at radius 3 is 2.31 bits per heavy atom. The van der Waals surface area contributed by atoms with Crippen LogP contribution in [0.15, 0.2) is 84.4 Å². The van der Waals surface area contributed by atoms with Crippen LogP contribution in [-0.2, 0) is 11.3 Å². The van der Waals surface area contributed by atoms with E-state index in [0.29, 0.717) is 44.4 Å². The Morgan fingerprint density at radius 2 is 1.60 bits per heavy atom. The molecule has 1 saturated heterocycles. The number of halogens is 1. The fourth-order valence-electron chi connectivity index (χ4n) is 4.07. The van der Waals surface area contributed by atoms with Crippen LogP contribution in [0.4, 0.5) is 10.3 Å². The number of nitrogens with zero attached hydrogens (tertiary/aromatic N) is 6. The van der Waals surface area contributed by atoms with Gasteiger partial charge in [0.2, 0.25) is 11.9 Å². The number of carbonyl (C=O) groups excluding carboxylic acids is 1. The highest BCUT2D eigenvalue weighted by Gasteiger charge is 2.23. The molecule has 178 valence electrons. The smallest absolute Gasteiger partial charge is 0.233 e. The Kier molecular flexibility index (Phi) is 7.04. The van der Waals surface area contributed by atoms with Crippen LogP contribution in [0.2, 0.25) is 0 Å². The van der Waals surface area contributed by atoms with E-state index in [1.165, 1.54) is 23.9 Å². The van der Waals surface area contributed by atoms with Crippen molar-refractivity contribution in [3.05, 3.63) is 90.6 Å². The first-order valence-corrected chi connectivity index (χ1v) is 12.4. The van der Waals surface area contributed by atoms with Gasteiger partial charge in [-0.05, 0) is 41.5 Å². The fraction of sp³-hybridized carbons (Fsp3) is 0.231. The zero-order valence-corrected chi connectivity index (χ0v) is 19.9. The molecular weight excluding hydrogens is 463 g/mol. The quantitative estimate of drug-likeness (QED) is 0.367. The molecule has 1 amide bonds. The molecule has 0 atom stereocenters. The van der Waals surface area contributed by atoms with Crippen LogP contribution in [0.3, 0.4) is 0 Å². The van der Waals surface area contributed by atoms with E-state index >= 15 is 0 Å². The van der Waals surface area contributed by atoms with E-state index in [1.54, 1.807) is 36.8 Å². The molecule has 2 aromatic carbocycles. The summed E-state index contributed by atoms with van der Waals surface area (Å²) in [5.41, 5.74) is 2.90. The molecule has 0 saturated carbocycles. The van der Waals surface area contributed by atoms with Gasteiger partial charge in [-0.3, -0.25) is 4.79 Å². The second-order valence-corrected chi connectivity index (χ2v) is 9.15. The molecule has 0 radical (unpaired) electrons. The normalized spacial score (nSPS) is 13.7. The number of rotatable bonds is 7. The molecule has 1 aliphatic heterocycles. The van der Waals surface area contributed by atoms with Crippen LogP contribution in [0.5, 0.6) is 0 Å². The molecule has 1 aliphatic rings. The van der Waals surface area contributed by atoms with Crippen LogP contribution in [0, 0.1) is 5.82 Å². The summed E-state index contributed by atoms with van der Waals surface area (Å²) >= 11 is 1.43. The van der Waals surface area contributed by atoms with Crippen LogP contribution in [0.25, 0.3) is 11.3 Å². The standard InChI is InChI=1S/C26H25FN6OS/c27-22-9-7-21(8-10-22)23-17-30-26(33(23)18-20-5-2-1-3-6-20)35-19-24(34)31-13-15-32(16-14-31)25-28-11-4-12-29-25/h1-12,17H,13-16,18-19H2. The van der Waals surface area contributed by atoms with Crippen LogP contribution in [-0.4, -0.2) is 62.3 Å². The van der Waals surface area contributed by atoms with Gasteiger partial charge in [-0.25, -0.2) is 19.3 Å². The summed E-state index contributed by atoms with van der Waals surface area (Å²) in [6.07, 6.45) is 5.25. The molecule has 2 aromatic heterocycles. The number of imidazole rings is 1. The lowest BCUT2D eigenvalue weighted by molar-refractivity contribution is -0.128. The van der Waals surface area contributed by atoms with Crippen molar-refractivity contribution >= 4 is 23.6 Å². The van der Waals surface area contributed by atoms with E-state index in [4.69, 9.17) is 0 Å². The average molecular weight is 489 g/mol. The number of thioether (sulfide) groups is 1. The summed E-state index contributed by atoms with van der Waals surface area (Å²) in [4.78, 5) is 30.2. The highest BCUT2D eigenvalue weighted by Crippen LogP contribution is 2.28. The van der Waals surface area contributed by atoms with Gasteiger partial charge in [0.1, 0.15) is 5.82 Å². The van der Waals surface area contributed by atoms with Crippen molar-refractivity contribution in [3.8, 4) is 11.3 Å². The van der Waals surface area contributed by atoms with Crippen LogP contribution in [0.1, 0.15) is 5.56 Å². The average Bonchev–Trinajstić information content (AvgIpc) is 3.31. The lowest BCUT2D eigenvalue weighted by Crippen LogP contribution is -2.49. The van der Waals surface area contributed by atoms with Gasteiger partial charge in [-0.2, -0.15) is 0 Å². The van der Waals surface area contributed by atoms with E-state index in [-0.39, 0.29) is 11.7 Å². The zero-order valence-electron chi connectivity index (χ0n) is 19.1. The molecular formula is C26H25FN6OS. The second kappa shape index (κ2) is 10.7. The fourth-order valence-corrected chi connectivity index (χ4v) is 4.95. The molecule has 35 heavy (non-hydrogen) atoms. The zero-order chi connectivity index (χ0) is 24.0. The largest absolute Gasteiger partial charge is 0.338 e. The van der Waals surface area contributed by atoms with E-state index in [9.17, 15) is 9.18 Å². The summed E-state index contributed by atoms with van der Waals surface area (Å²) < 4.78 is 15.6. The van der Waals surface area contributed by atoms with Gasteiger partial charge in [-0.15, -0.1) is 0 Å². The van der Waals surface area contributed by atoms with Crippen molar-refractivity contribution in [2.75, 3.05) is 36.8 Å². The van der Waals surface area contributed by atoms with Crippen molar-refractivity contribution in [3.63, 3.8) is 0 Å². The Balaban J connectivity index is 1.27. The summed E-state index contributed by atoms with van der Waals surface area (Å²) in [6, 6.07) is 18.3. The summed E-state index contributed by atoms with van der Waals surface area (Å²) in [6.45, 7) is 3.29.